The highest BCUT2D eigenvalue weighted by atomic mass is 16.6. The molecular weight excluding hydrogens is 726 g/mol. The van der Waals surface area contributed by atoms with Gasteiger partial charge in [0.1, 0.15) is 6.61 Å². The summed E-state index contributed by atoms with van der Waals surface area (Å²) in [6.07, 6.45) is 2.23. The van der Waals surface area contributed by atoms with E-state index in [1.54, 1.807) is 12.1 Å². The van der Waals surface area contributed by atoms with Gasteiger partial charge in [-0.05, 0) is 30.7 Å². The Balaban J connectivity index is 1.67. The molecule has 0 fully saturated rings. The molecule has 2 N–H and O–H groups in total. The first-order chi connectivity index (χ1) is 27.1. The Morgan fingerprint density at radius 3 is 1.04 bits per heavy atom. The third kappa shape index (κ3) is 36.9. The Hall–Kier alpha value is -2.52. The molecule has 320 valence electrons. The molecule has 0 unspecified atom stereocenters. The van der Waals surface area contributed by atoms with Crippen molar-refractivity contribution >= 4 is 17.6 Å². The number of carbonyl (C=O) groups is 2. The predicted octanol–water partition coefficient (Wildman–Crippen LogP) is 2.73. The number of rotatable bonds is 44. The molecule has 1 aromatic rings. The minimum absolute atomic E-state index is 0.00724. The third-order valence-electron chi connectivity index (χ3n) is 6.99. The molecule has 0 aliphatic carbocycles. The molecule has 0 radical (unpaired) electrons. The summed E-state index contributed by atoms with van der Waals surface area (Å²) in [6.45, 7) is 13.8. The van der Waals surface area contributed by atoms with Crippen LogP contribution in [0.15, 0.2) is 24.3 Å². The van der Waals surface area contributed by atoms with Crippen molar-refractivity contribution in [2.45, 2.75) is 26.2 Å². The zero-order valence-corrected chi connectivity index (χ0v) is 32.9. The number of ether oxygens (including phenoxy) is 13. The van der Waals surface area contributed by atoms with Crippen LogP contribution in [0, 0.1) is 0 Å². The Morgan fingerprint density at radius 1 is 0.455 bits per heavy atom. The second kappa shape index (κ2) is 41.1. The van der Waals surface area contributed by atoms with E-state index in [0.717, 1.165) is 25.1 Å². The van der Waals surface area contributed by atoms with Crippen LogP contribution < -0.4 is 5.32 Å². The first kappa shape index (κ1) is 50.5. The number of anilines is 1. The van der Waals surface area contributed by atoms with E-state index in [0.29, 0.717) is 158 Å². The highest BCUT2D eigenvalue weighted by Crippen LogP contribution is 2.11. The fourth-order valence-electron chi connectivity index (χ4n) is 4.09. The van der Waals surface area contributed by atoms with Gasteiger partial charge in [0.2, 0.25) is 0 Å². The van der Waals surface area contributed by atoms with Gasteiger partial charge in [0.05, 0.1) is 171 Å². The first-order valence-electron chi connectivity index (χ1n) is 19.3. The largest absolute Gasteiger partial charge is 0.481 e. The molecule has 0 saturated heterocycles. The number of hydrogen-bond acceptors (Lipinski definition) is 16. The number of unbranched alkanes of at least 4 members (excludes halogenated alkanes) is 1. The Kier molecular flexibility index (Phi) is 37.8. The molecule has 0 saturated carbocycles. The van der Waals surface area contributed by atoms with Gasteiger partial charge in [0.15, 0.2) is 0 Å². The molecule has 0 atom stereocenters. The second-order valence-electron chi connectivity index (χ2n) is 11.5. The van der Waals surface area contributed by atoms with E-state index < -0.39 is 5.97 Å². The Bertz CT molecular complexity index is 974. The number of nitrogens with one attached hydrogen (secondary N) is 1. The van der Waals surface area contributed by atoms with Crippen LogP contribution in [0.2, 0.25) is 0 Å². The lowest BCUT2D eigenvalue weighted by Crippen LogP contribution is -2.16. The predicted molar refractivity (Wildman–Crippen MR) is 202 cm³/mol. The summed E-state index contributed by atoms with van der Waals surface area (Å²) in [5, 5.41) is 11.8. The molecular formula is C38H67NO16. The van der Waals surface area contributed by atoms with Crippen molar-refractivity contribution in [2.24, 2.45) is 0 Å². The number of carboxylic acids is 1. The lowest BCUT2D eigenvalue weighted by molar-refractivity contribution is -0.138. The average molecular weight is 794 g/mol. The van der Waals surface area contributed by atoms with E-state index in [2.05, 4.69) is 12.2 Å². The SMILES string of the molecule is CCCCNc1ccc(C(=O)OCCOCCOCCOCCOCCOCCOCCOCCOCCOCCOCCOCCOCCC(=O)O)cc1. The topological polar surface area (TPSA) is 186 Å². The van der Waals surface area contributed by atoms with Gasteiger partial charge >= 0.3 is 11.9 Å². The number of carbonyl (C=O) groups excluding carboxylic acids is 1. The number of esters is 1. The summed E-state index contributed by atoms with van der Waals surface area (Å²) in [5.41, 5.74) is 1.50. The van der Waals surface area contributed by atoms with Crippen molar-refractivity contribution in [3.05, 3.63) is 29.8 Å². The van der Waals surface area contributed by atoms with E-state index in [1.165, 1.54) is 0 Å². The lowest BCUT2D eigenvalue weighted by Gasteiger charge is -2.09. The molecule has 0 heterocycles. The van der Waals surface area contributed by atoms with Gasteiger partial charge in [-0.25, -0.2) is 4.79 Å². The molecule has 0 aliphatic rings. The van der Waals surface area contributed by atoms with Crippen molar-refractivity contribution in [3.8, 4) is 0 Å². The van der Waals surface area contributed by atoms with E-state index in [9.17, 15) is 9.59 Å². The van der Waals surface area contributed by atoms with Crippen LogP contribution in [0.1, 0.15) is 36.5 Å². The summed E-state index contributed by atoms with van der Waals surface area (Å²) in [4.78, 5) is 22.5. The van der Waals surface area contributed by atoms with Crippen LogP contribution in [-0.4, -0.2) is 189 Å². The molecule has 1 aromatic carbocycles. The first-order valence-corrected chi connectivity index (χ1v) is 19.3. The molecule has 1 rings (SSSR count). The normalized spacial score (nSPS) is 11.3. The minimum Gasteiger partial charge on any atom is -0.481 e. The standard InChI is InChI=1S/C38H67NO16/c1-2-3-9-39-36-6-4-35(5-7-36)38(42)55-34-33-54-32-31-53-30-29-52-28-27-51-26-25-50-24-23-49-22-21-48-20-19-47-18-17-46-16-15-45-14-13-44-12-11-43-10-8-37(40)41/h4-7,39H,2-3,8-34H2,1H3,(H,40,41). The fourth-order valence-corrected chi connectivity index (χ4v) is 4.09. The van der Waals surface area contributed by atoms with Crippen molar-refractivity contribution in [3.63, 3.8) is 0 Å². The highest BCUT2D eigenvalue weighted by Gasteiger charge is 2.07. The van der Waals surface area contributed by atoms with Crippen molar-refractivity contribution in [2.75, 3.05) is 177 Å². The summed E-state index contributed by atoms with van der Waals surface area (Å²) in [5.74, 6) is -1.24. The van der Waals surface area contributed by atoms with Crippen LogP contribution in [-0.2, 0) is 66.4 Å². The number of aliphatic carboxylic acids is 1. The number of hydrogen-bond donors (Lipinski definition) is 2. The van der Waals surface area contributed by atoms with Crippen LogP contribution in [0.3, 0.4) is 0 Å². The summed E-state index contributed by atoms with van der Waals surface area (Å²) < 4.78 is 70.3. The summed E-state index contributed by atoms with van der Waals surface area (Å²) in [6, 6.07) is 7.27. The monoisotopic (exact) mass is 793 g/mol. The maximum Gasteiger partial charge on any atom is 0.338 e. The highest BCUT2D eigenvalue weighted by molar-refractivity contribution is 5.89. The molecule has 0 aromatic heterocycles. The van der Waals surface area contributed by atoms with Gasteiger partial charge < -0.3 is 72.0 Å². The van der Waals surface area contributed by atoms with E-state index in [4.69, 9.17) is 66.7 Å². The summed E-state index contributed by atoms with van der Waals surface area (Å²) >= 11 is 0. The molecule has 17 heteroatoms. The zero-order valence-electron chi connectivity index (χ0n) is 32.9. The van der Waals surface area contributed by atoms with Crippen molar-refractivity contribution in [1.29, 1.82) is 0 Å². The average Bonchev–Trinajstić information content (AvgIpc) is 3.19. The van der Waals surface area contributed by atoms with E-state index in [-0.39, 0.29) is 25.6 Å². The molecule has 0 aliphatic heterocycles. The molecule has 0 bridgehead atoms. The van der Waals surface area contributed by atoms with Crippen molar-refractivity contribution in [1.82, 2.24) is 0 Å². The van der Waals surface area contributed by atoms with Crippen LogP contribution in [0.5, 0.6) is 0 Å². The van der Waals surface area contributed by atoms with Gasteiger partial charge in [-0.2, -0.15) is 0 Å². The lowest BCUT2D eigenvalue weighted by atomic mass is 10.2. The van der Waals surface area contributed by atoms with Crippen LogP contribution >= 0.6 is 0 Å². The van der Waals surface area contributed by atoms with Gasteiger partial charge in [-0.1, -0.05) is 13.3 Å². The third-order valence-corrected chi connectivity index (χ3v) is 6.99. The Morgan fingerprint density at radius 2 is 0.745 bits per heavy atom. The molecule has 0 amide bonds. The number of carboxylic acid groups (broad SMARTS) is 1. The molecule has 17 nitrogen and oxygen atoms in total. The van der Waals surface area contributed by atoms with Gasteiger partial charge in [0, 0.05) is 12.2 Å². The smallest absolute Gasteiger partial charge is 0.338 e. The maximum atomic E-state index is 12.1. The van der Waals surface area contributed by atoms with Gasteiger partial charge in [-0.3, -0.25) is 4.79 Å². The Labute approximate surface area is 326 Å². The quantitative estimate of drug-likeness (QED) is 0.0725. The number of benzene rings is 1. The van der Waals surface area contributed by atoms with Crippen LogP contribution in [0.4, 0.5) is 5.69 Å². The molecule has 0 spiro atoms. The second-order valence-corrected chi connectivity index (χ2v) is 11.5. The van der Waals surface area contributed by atoms with Crippen LogP contribution in [0.25, 0.3) is 0 Å². The van der Waals surface area contributed by atoms with Crippen molar-refractivity contribution < 1.29 is 76.3 Å². The van der Waals surface area contributed by atoms with E-state index in [1.807, 2.05) is 12.1 Å². The minimum atomic E-state index is -0.878. The maximum absolute atomic E-state index is 12.1. The van der Waals surface area contributed by atoms with E-state index >= 15 is 0 Å². The summed E-state index contributed by atoms with van der Waals surface area (Å²) in [7, 11) is 0. The zero-order chi connectivity index (χ0) is 39.5. The molecule has 55 heavy (non-hydrogen) atoms. The van der Waals surface area contributed by atoms with Gasteiger partial charge in [-0.15, -0.1) is 0 Å². The fraction of sp³-hybridized carbons (Fsp3) is 0.789. The van der Waals surface area contributed by atoms with Gasteiger partial charge in [0.25, 0.3) is 0 Å².